The molecule has 1 heterocycles. The summed E-state index contributed by atoms with van der Waals surface area (Å²) in [5, 5.41) is 0. The zero-order valence-electron chi connectivity index (χ0n) is 13.2. The number of hydrogen-bond donors (Lipinski definition) is 1. The second-order valence-electron chi connectivity index (χ2n) is 6.43. The van der Waals surface area contributed by atoms with Crippen LogP contribution in [0.5, 0.6) is 0 Å². The van der Waals surface area contributed by atoms with Crippen molar-refractivity contribution >= 4 is 10.0 Å². The Morgan fingerprint density at radius 3 is 2.19 bits per heavy atom. The molecule has 1 aromatic carbocycles. The van der Waals surface area contributed by atoms with Gasteiger partial charge < -0.3 is 5.73 Å². The van der Waals surface area contributed by atoms with Crippen molar-refractivity contribution in [2.24, 2.45) is 11.1 Å². The van der Waals surface area contributed by atoms with Crippen molar-refractivity contribution in [3.63, 3.8) is 0 Å². The maximum atomic E-state index is 12.7. The zero-order valence-corrected chi connectivity index (χ0v) is 14.0. The van der Waals surface area contributed by atoms with Crippen LogP contribution in [0.4, 0.5) is 0 Å². The topological polar surface area (TPSA) is 63.4 Å². The molecule has 1 fully saturated rings. The van der Waals surface area contributed by atoms with E-state index >= 15 is 0 Å². The van der Waals surface area contributed by atoms with Crippen LogP contribution in [0.15, 0.2) is 29.2 Å². The van der Waals surface area contributed by atoms with Crippen molar-refractivity contribution in [3.05, 3.63) is 29.8 Å². The van der Waals surface area contributed by atoms with Gasteiger partial charge in [0.05, 0.1) is 4.90 Å². The molecule has 0 spiro atoms. The molecule has 1 aliphatic heterocycles. The predicted octanol–water partition coefficient (Wildman–Crippen LogP) is 2.91. The third-order valence-corrected chi connectivity index (χ3v) is 6.74. The van der Waals surface area contributed by atoms with E-state index < -0.39 is 10.0 Å². The Kier molecular flexibility index (Phi) is 4.76. The molecule has 0 radical (unpaired) electrons. The van der Waals surface area contributed by atoms with E-state index in [1.165, 1.54) is 0 Å². The molecule has 1 aliphatic rings. The first-order valence-corrected chi connectivity index (χ1v) is 9.08. The van der Waals surface area contributed by atoms with Gasteiger partial charge in [0.2, 0.25) is 10.0 Å². The maximum absolute atomic E-state index is 12.7. The molecule has 0 amide bonds. The number of sulfonamides is 1. The molecular weight excluding hydrogens is 284 g/mol. The molecule has 1 aromatic rings. The first kappa shape index (κ1) is 16.5. The molecule has 0 aliphatic carbocycles. The Hall–Kier alpha value is -0.910. The monoisotopic (exact) mass is 310 g/mol. The van der Waals surface area contributed by atoms with Gasteiger partial charge in [0.1, 0.15) is 0 Å². The van der Waals surface area contributed by atoms with Crippen molar-refractivity contribution in [2.75, 3.05) is 13.1 Å². The van der Waals surface area contributed by atoms with Gasteiger partial charge in [-0.25, -0.2) is 8.42 Å². The largest absolute Gasteiger partial charge is 0.324 e. The molecule has 1 atom stereocenters. The standard InChI is InChI=1S/C16H26N2O2S/c1-4-16(3)9-11-18(12-10-16)21(19,20)15-7-5-14(6-8-15)13(2)17/h5-8,13H,4,9-12,17H2,1-3H3. The molecule has 4 nitrogen and oxygen atoms in total. The number of hydrogen-bond acceptors (Lipinski definition) is 3. The van der Waals surface area contributed by atoms with E-state index in [9.17, 15) is 8.42 Å². The fraction of sp³-hybridized carbons (Fsp3) is 0.625. The third-order valence-electron chi connectivity index (χ3n) is 4.83. The lowest BCUT2D eigenvalue weighted by Gasteiger charge is -2.38. The molecule has 0 bridgehead atoms. The summed E-state index contributed by atoms with van der Waals surface area (Å²) in [6, 6.07) is 6.86. The van der Waals surface area contributed by atoms with Crippen molar-refractivity contribution in [3.8, 4) is 0 Å². The van der Waals surface area contributed by atoms with Crippen LogP contribution in [-0.4, -0.2) is 25.8 Å². The van der Waals surface area contributed by atoms with Crippen LogP contribution < -0.4 is 5.73 Å². The van der Waals surface area contributed by atoms with Crippen molar-refractivity contribution in [1.29, 1.82) is 0 Å². The highest BCUT2D eigenvalue weighted by Crippen LogP contribution is 2.35. The number of rotatable bonds is 4. The molecule has 21 heavy (non-hydrogen) atoms. The minimum atomic E-state index is -3.37. The van der Waals surface area contributed by atoms with E-state index in [1.54, 1.807) is 28.6 Å². The Bertz CT molecular complexity index is 571. The van der Waals surface area contributed by atoms with Gasteiger partial charge in [-0.3, -0.25) is 0 Å². The van der Waals surface area contributed by atoms with E-state index in [4.69, 9.17) is 5.73 Å². The summed E-state index contributed by atoms with van der Waals surface area (Å²) in [6.07, 6.45) is 2.96. The highest BCUT2D eigenvalue weighted by molar-refractivity contribution is 7.89. The summed E-state index contributed by atoms with van der Waals surface area (Å²) < 4.78 is 26.9. The lowest BCUT2D eigenvalue weighted by Crippen LogP contribution is -2.41. The highest BCUT2D eigenvalue weighted by atomic mass is 32.2. The lowest BCUT2D eigenvalue weighted by molar-refractivity contribution is 0.169. The third kappa shape index (κ3) is 3.47. The smallest absolute Gasteiger partial charge is 0.243 e. The summed E-state index contributed by atoms with van der Waals surface area (Å²) in [5.41, 5.74) is 7.03. The van der Waals surface area contributed by atoms with Gasteiger partial charge >= 0.3 is 0 Å². The molecular formula is C16H26N2O2S. The summed E-state index contributed by atoms with van der Waals surface area (Å²) in [5.74, 6) is 0. The molecule has 1 unspecified atom stereocenters. The van der Waals surface area contributed by atoms with Crippen molar-refractivity contribution in [2.45, 2.75) is 51.0 Å². The fourth-order valence-corrected chi connectivity index (χ4v) is 4.15. The Labute approximate surface area is 128 Å². The normalized spacial score (nSPS) is 21.1. The highest BCUT2D eigenvalue weighted by Gasteiger charge is 2.34. The SMILES string of the molecule is CCC1(C)CCN(S(=O)(=O)c2ccc(C(C)N)cc2)CC1. The van der Waals surface area contributed by atoms with E-state index in [-0.39, 0.29) is 11.5 Å². The van der Waals surface area contributed by atoms with Crippen LogP contribution in [0, 0.1) is 5.41 Å². The minimum Gasteiger partial charge on any atom is -0.324 e. The number of nitrogens with two attached hydrogens (primary N) is 1. The summed E-state index contributed by atoms with van der Waals surface area (Å²) in [4.78, 5) is 0.368. The molecule has 5 heteroatoms. The Morgan fingerprint density at radius 2 is 1.76 bits per heavy atom. The van der Waals surface area contributed by atoms with Crippen LogP contribution in [0.2, 0.25) is 0 Å². The summed E-state index contributed by atoms with van der Waals surface area (Å²) >= 11 is 0. The molecule has 118 valence electrons. The molecule has 2 N–H and O–H groups in total. The molecule has 1 saturated heterocycles. The Morgan fingerprint density at radius 1 is 1.24 bits per heavy atom. The zero-order chi connectivity index (χ0) is 15.7. The predicted molar refractivity (Wildman–Crippen MR) is 85.4 cm³/mol. The van der Waals surface area contributed by atoms with Gasteiger partial charge in [0, 0.05) is 19.1 Å². The summed E-state index contributed by atoms with van der Waals surface area (Å²) in [6.45, 7) is 7.54. The first-order chi connectivity index (χ1) is 9.78. The van der Waals surface area contributed by atoms with Gasteiger partial charge in [0.25, 0.3) is 0 Å². The average molecular weight is 310 g/mol. The van der Waals surface area contributed by atoms with Crippen LogP contribution >= 0.6 is 0 Å². The summed E-state index contributed by atoms with van der Waals surface area (Å²) in [7, 11) is -3.37. The van der Waals surface area contributed by atoms with Gasteiger partial charge in [-0.2, -0.15) is 4.31 Å². The number of benzene rings is 1. The van der Waals surface area contributed by atoms with Gasteiger partial charge in [-0.1, -0.05) is 32.4 Å². The van der Waals surface area contributed by atoms with Crippen LogP contribution in [0.3, 0.4) is 0 Å². The number of nitrogens with zero attached hydrogens (tertiary/aromatic N) is 1. The number of piperidine rings is 1. The van der Waals surface area contributed by atoms with E-state index in [2.05, 4.69) is 13.8 Å². The second kappa shape index (κ2) is 6.07. The minimum absolute atomic E-state index is 0.0815. The molecule has 2 rings (SSSR count). The van der Waals surface area contributed by atoms with Crippen LogP contribution in [0.25, 0.3) is 0 Å². The average Bonchev–Trinajstić information content (AvgIpc) is 2.48. The lowest BCUT2D eigenvalue weighted by atomic mass is 9.79. The van der Waals surface area contributed by atoms with E-state index in [0.717, 1.165) is 24.8 Å². The first-order valence-electron chi connectivity index (χ1n) is 7.64. The van der Waals surface area contributed by atoms with Gasteiger partial charge in [-0.05, 0) is 42.9 Å². The van der Waals surface area contributed by atoms with Gasteiger partial charge in [-0.15, -0.1) is 0 Å². The maximum Gasteiger partial charge on any atom is 0.243 e. The van der Waals surface area contributed by atoms with Crippen molar-refractivity contribution < 1.29 is 8.42 Å². The van der Waals surface area contributed by atoms with Gasteiger partial charge in [0.15, 0.2) is 0 Å². The molecule has 0 aromatic heterocycles. The quantitative estimate of drug-likeness (QED) is 0.930. The van der Waals surface area contributed by atoms with Crippen molar-refractivity contribution in [1.82, 2.24) is 4.31 Å². The fourth-order valence-electron chi connectivity index (χ4n) is 2.71. The molecule has 0 saturated carbocycles. The van der Waals surface area contributed by atoms with Crippen LogP contribution in [-0.2, 0) is 10.0 Å². The Balaban J connectivity index is 2.15. The van der Waals surface area contributed by atoms with E-state index in [0.29, 0.717) is 18.0 Å². The van der Waals surface area contributed by atoms with E-state index in [1.807, 2.05) is 6.92 Å². The second-order valence-corrected chi connectivity index (χ2v) is 8.36. The van der Waals surface area contributed by atoms with Crippen LogP contribution in [0.1, 0.15) is 51.6 Å².